The fourth-order valence-corrected chi connectivity index (χ4v) is 3.52. The molecule has 124 valence electrons. The van der Waals surface area contributed by atoms with Gasteiger partial charge in [-0.2, -0.15) is 4.98 Å². The summed E-state index contributed by atoms with van der Waals surface area (Å²) < 4.78 is 24.7. The molecule has 1 aromatic carbocycles. The minimum Gasteiger partial charge on any atom is -0.379 e. The maximum absolute atomic E-state index is 13.7. The van der Waals surface area contributed by atoms with Gasteiger partial charge in [0.2, 0.25) is 11.7 Å². The number of thiophene rings is 1. The van der Waals surface area contributed by atoms with Crippen molar-refractivity contribution in [3.8, 4) is 10.7 Å². The summed E-state index contributed by atoms with van der Waals surface area (Å²) in [7, 11) is 0. The molecule has 1 saturated heterocycles. The third kappa shape index (κ3) is 3.10. The molecule has 0 saturated carbocycles. The number of rotatable bonds is 4. The first kappa shape index (κ1) is 15.4. The lowest BCUT2D eigenvalue weighted by Gasteiger charge is -2.32. The zero-order valence-electron chi connectivity index (χ0n) is 12.9. The molecule has 0 aliphatic carbocycles. The van der Waals surface area contributed by atoms with Crippen molar-refractivity contribution in [1.29, 1.82) is 0 Å². The van der Waals surface area contributed by atoms with Gasteiger partial charge < -0.3 is 9.26 Å². The summed E-state index contributed by atoms with van der Waals surface area (Å²) in [5.74, 6) is 0.768. The highest BCUT2D eigenvalue weighted by molar-refractivity contribution is 7.13. The lowest BCUT2D eigenvalue weighted by atomic mass is 10.0. The van der Waals surface area contributed by atoms with Crippen molar-refractivity contribution < 1.29 is 13.7 Å². The maximum atomic E-state index is 13.7. The smallest absolute Gasteiger partial charge is 0.248 e. The highest BCUT2D eigenvalue weighted by Gasteiger charge is 2.29. The van der Waals surface area contributed by atoms with E-state index in [0.717, 1.165) is 23.5 Å². The number of aromatic nitrogens is 2. The van der Waals surface area contributed by atoms with Crippen molar-refractivity contribution in [3.05, 3.63) is 59.0 Å². The van der Waals surface area contributed by atoms with Crippen LogP contribution in [0.5, 0.6) is 0 Å². The van der Waals surface area contributed by atoms with Crippen LogP contribution in [-0.4, -0.2) is 41.3 Å². The Hall–Kier alpha value is -2.09. The highest BCUT2D eigenvalue weighted by atomic mass is 32.1. The van der Waals surface area contributed by atoms with Crippen LogP contribution in [0.2, 0.25) is 0 Å². The van der Waals surface area contributed by atoms with Crippen LogP contribution in [0.25, 0.3) is 10.7 Å². The van der Waals surface area contributed by atoms with Gasteiger partial charge >= 0.3 is 0 Å². The number of morpholine rings is 1. The minimum atomic E-state index is -0.274. The number of ether oxygens (including phenoxy) is 1. The fourth-order valence-electron chi connectivity index (χ4n) is 2.87. The molecule has 0 radical (unpaired) electrons. The second-order valence-electron chi connectivity index (χ2n) is 5.54. The van der Waals surface area contributed by atoms with Crippen LogP contribution in [0.1, 0.15) is 17.5 Å². The molecule has 3 aromatic rings. The molecule has 3 heterocycles. The van der Waals surface area contributed by atoms with Gasteiger partial charge in [0.1, 0.15) is 11.9 Å². The standard InChI is InChI=1S/C17H16FN3O2S/c18-13-4-1-3-12(11-13)15(21-6-8-22-9-7-21)17-19-16(20-23-17)14-5-2-10-24-14/h1-5,10-11,15H,6-9H2. The molecule has 0 spiro atoms. The van der Waals surface area contributed by atoms with Crippen LogP contribution in [0.15, 0.2) is 46.3 Å². The largest absolute Gasteiger partial charge is 0.379 e. The first-order valence-corrected chi connectivity index (χ1v) is 8.64. The Bertz CT molecular complexity index is 800. The Morgan fingerprint density at radius 3 is 2.79 bits per heavy atom. The zero-order valence-corrected chi connectivity index (χ0v) is 13.7. The maximum Gasteiger partial charge on any atom is 0.248 e. The van der Waals surface area contributed by atoms with Crippen LogP contribution < -0.4 is 0 Å². The van der Waals surface area contributed by atoms with Gasteiger partial charge in [0.15, 0.2) is 0 Å². The van der Waals surface area contributed by atoms with Gasteiger partial charge in [0.25, 0.3) is 0 Å². The minimum absolute atomic E-state index is 0.272. The quantitative estimate of drug-likeness (QED) is 0.726. The molecule has 5 nitrogen and oxygen atoms in total. The summed E-state index contributed by atoms with van der Waals surface area (Å²) in [5, 5.41) is 6.06. The Labute approximate surface area is 142 Å². The summed E-state index contributed by atoms with van der Waals surface area (Å²) in [6, 6.07) is 10.2. The predicted octanol–water partition coefficient (Wildman–Crippen LogP) is 3.36. The lowest BCUT2D eigenvalue weighted by Crippen LogP contribution is -2.39. The topological polar surface area (TPSA) is 51.4 Å². The average molecular weight is 345 g/mol. The van der Waals surface area contributed by atoms with E-state index in [1.807, 2.05) is 23.6 Å². The van der Waals surface area contributed by atoms with E-state index >= 15 is 0 Å². The normalized spacial score (nSPS) is 17.0. The number of benzene rings is 1. The van der Waals surface area contributed by atoms with Crippen molar-refractivity contribution in [2.45, 2.75) is 6.04 Å². The summed E-state index contributed by atoms with van der Waals surface area (Å²) in [6.45, 7) is 2.74. The monoisotopic (exact) mass is 345 g/mol. The fraction of sp³-hybridized carbons (Fsp3) is 0.294. The Morgan fingerprint density at radius 1 is 1.17 bits per heavy atom. The van der Waals surface area contributed by atoms with Crippen LogP contribution in [0.3, 0.4) is 0 Å². The molecule has 0 N–H and O–H groups in total. The van der Waals surface area contributed by atoms with Crippen molar-refractivity contribution in [2.75, 3.05) is 26.3 Å². The van der Waals surface area contributed by atoms with E-state index in [-0.39, 0.29) is 11.9 Å². The molecular formula is C17H16FN3O2S. The Balaban J connectivity index is 1.72. The molecule has 24 heavy (non-hydrogen) atoms. The summed E-state index contributed by atoms with van der Waals surface area (Å²) in [4.78, 5) is 7.70. The van der Waals surface area contributed by atoms with Crippen molar-refractivity contribution in [2.24, 2.45) is 0 Å². The third-order valence-corrected chi connectivity index (χ3v) is 4.86. The van der Waals surface area contributed by atoms with E-state index in [0.29, 0.717) is 24.9 Å². The van der Waals surface area contributed by atoms with Gasteiger partial charge in [-0.25, -0.2) is 4.39 Å². The van der Waals surface area contributed by atoms with E-state index in [2.05, 4.69) is 15.0 Å². The van der Waals surface area contributed by atoms with Crippen LogP contribution >= 0.6 is 11.3 Å². The van der Waals surface area contributed by atoms with Crippen molar-refractivity contribution in [1.82, 2.24) is 15.0 Å². The number of hydrogen-bond acceptors (Lipinski definition) is 6. The van der Waals surface area contributed by atoms with E-state index in [9.17, 15) is 4.39 Å². The summed E-state index contributed by atoms with van der Waals surface area (Å²) in [6.07, 6.45) is 0. The summed E-state index contributed by atoms with van der Waals surface area (Å²) in [5.41, 5.74) is 0.804. The molecule has 1 unspecified atom stereocenters. The van der Waals surface area contributed by atoms with Gasteiger partial charge in [-0.3, -0.25) is 4.90 Å². The number of hydrogen-bond donors (Lipinski definition) is 0. The average Bonchev–Trinajstić information content (AvgIpc) is 3.28. The van der Waals surface area contributed by atoms with Gasteiger partial charge in [0.05, 0.1) is 18.1 Å². The van der Waals surface area contributed by atoms with Gasteiger partial charge in [-0.05, 0) is 29.1 Å². The molecular weight excluding hydrogens is 329 g/mol. The molecule has 1 atom stereocenters. The second kappa shape index (κ2) is 6.80. The second-order valence-corrected chi connectivity index (χ2v) is 6.49. The predicted molar refractivity (Wildman–Crippen MR) is 88.2 cm³/mol. The number of halogens is 1. The molecule has 1 aliphatic heterocycles. The molecule has 1 fully saturated rings. The van der Waals surface area contributed by atoms with Gasteiger partial charge in [-0.1, -0.05) is 23.4 Å². The molecule has 4 rings (SSSR count). The van der Waals surface area contributed by atoms with E-state index in [4.69, 9.17) is 9.26 Å². The van der Waals surface area contributed by atoms with E-state index in [1.54, 1.807) is 17.4 Å². The van der Waals surface area contributed by atoms with E-state index < -0.39 is 0 Å². The van der Waals surface area contributed by atoms with E-state index in [1.165, 1.54) is 12.1 Å². The Kier molecular flexibility index (Phi) is 4.38. The van der Waals surface area contributed by atoms with Crippen molar-refractivity contribution >= 4 is 11.3 Å². The zero-order chi connectivity index (χ0) is 16.4. The highest BCUT2D eigenvalue weighted by Crippen LogP contribution is 2.31. The van der Waals surface area contributed by atoms with Crippen molar-refractivity contribution in [3.63, 3.8) is 0 Å². The molecule has 2 aromatic heterocycles. The Morgan fingerprint density at radius 2 is 2.04 bits per heavy atom. The SMILES string of the molecule is Fc1cccc(C(c2nc(-c3cccs3)no2)N2CCOCC2)c1. The third-order valence-electron chi connectivity index (χ3n) is 3.99. The van der Waals surface area contributed by atoms with Crippen LogP contribution in [-0.2, 0) is 4.74 Å². The molecule has 0 bridgehead atoms. The molecule has 0 amide bonds. The first-order chi connectivity index (χ1) is 11.8. The molecule has 1 aliphatic rings. The van der Waals surface area contributed by atoms with Gasteiger partial charge in [-0.15, -0.1) is 11.3 Å². The molecule has 7 heteroatoms. The van der Waals surface area contributed by atoms with Gasteiger partial charge in [0, 0.05) is 13.1 Å². The number of nitrogens with zero attached hydrogens (tertiary/aromatic N) is 3. The summed E-state index contributed by atoms with van der Waals surface area (Å²) >= 11 is 1.56. The van der Waals surface area contributed by atoms with Crippen LogP contribution in [0, 0.1) is 5.82 Å². The first-order valence-electron chi connectivity index (χ1n) is 7.76. The van der Waals surface area contributed by atoms with Crippen LogP contribution in [0.4, 0.5) is 4.39 Å². The lowest BCUT2D eigenvalue weighted by molar-refractivity contribution is 0.0180.